The summed E-state index contributed by atoms with van der Waals surface area (Å²) in [6.45, 7) is 6.27. The maximum absolute atomic E-state index is 12.0. The molecule has 1 heterocycles. The number of carbonyl (C=O) groups excluding carboxylic acids is 1. The van der Waals surface area contributed by atoms with E-state index < -0.39 is 5.97 Å². The molecule has 2 N–H and O–H groups in total. The van der Waals surface area contributed by atoms with E-state index in [-0.39, 0.29) is 11.9 Å². The van der Waals surface area contributed by atoms with Crippen LogP contribution in [0.3, 0.4) is 0 Å². The van der Waals surface area contributed by atoms with Crippen LogP contribution in [0.25, 0.3) is 0 Å². The first-order valence-corrected chi connectivity index (χ1v) is 7.20. The topological polar surface area (TPSA) is 69.6 Å². The van der Waals surface area contributed by atoms with Crippen LogP contribution < -0.4 is 5.32 Å². The zero-order valence-corrected chi connectivity index (χ0v) is 11.8. The van der Waals surface area contributed by atoms with Crippen LogP contribution in [0.5, 0.6) is 0 Å². The van der Waals surface area contributed by atoms with Gasteiger partial charge in [-0.05, 0) is 37.0 Å². The van der Waals surface area contributed by atoms with E-state index in [9.17, 15) is 9.59 Å². The lowest BCUT2D eigenvalue weighted by molar-refractivity contribution is -0.143. The van der Waals surface area contributed by atoms with Crippen LogP contribution in [0, 0.1) is 17.3 Å². The monoisotopic (exact) mass is 268 g/mol. The Labute approximate surface area is 114 Å². The Morgan fingerprint density at radius 2 is 1.89 bits per heavy atom. The van der Waals surface area contributed by atoms with Crippen LogP contribution in [0.4, 0.5) is 4.79 Å². The average molecular weight is 268 g/mol. The van der Waals surface area contributed by atoms with Gasteiger partial charge in [0.15, 0.2) is 0 Å². The lowest BCUT2D eigenvalue weighted by atomic mass is 9.92. The number of carboxylic acid groups (broad SMARTS) is 1. The predicted octanol–water partition coefficient (Wildman–Crippen LogP) is 1.93. The van der Waals surface area contributed by atoms with Crippen molar-refractivity contribution in [2.75, 3.05) is 19.6 Å². The normalized spacial score (nSPS) is 22.4. The lowest BCUT2D eigenvalue weighted by Gasteiger charge is -2.31. The minimum atomic E-state index is -0.739. The summed E-state index contributed by atoms with van der Waals surface area (Å²) in [4.78, 5) is 24.6. The fourth-order valence-electron chi connectivity index (χ4n) is 2.81. The molecular formula is C14H24N2O3. The number of aliphatic carboxylic acids is 1. The van der Waals surface area contributed by atoms with Gasteiger partial charge in [-0.15, -0.1) is 0 Å². The molecule has 5 nitrogen and oxygen atoms in total. The van der Waals surface area contributed by atoms with Crippen molar-refractivity contribution in [3.8, 4) is 0 Å². The summed E-state index contributed by atoms with van der Waals surface area (Å²) in [5, 5.41) is 11.9. The third-order valence-electron chi connectivity index (χ3n) is 4.84. The summed E-state index contributed by atoms with van der Waals surface area (Å²) in [7, 11) is 0. The zero-order valence-electron chi connectivity index (χ0n) is 11.8. The quantitative estimate of drug-likeness (QED) is 0.818. The van der Waals surface area contributed by atoms with Gasteiger partial charge in [0.25, 0.3) is 0 Å². The molecule has 1 aliphatic carbocycles. The molecule has 2 amide bonds. The van der Waals surface area contributed by atoms with Gasteiger partial charge in [-0.2, -0.15) is 0 Å². The lowest BCUT2D eigenvalue weighted by Crippen LogP contribution is -2.47. The van der Waals surface area contributed by atoms with Gasteiger partial charge in [-0.25, -0.2) is 4.79 Å². The van der Waals surface area contributed by atoms with Gasteiger partial charge < -0.3 is 15.3 Å². The Bertz CT molecular complexity index is 356. The highest BCUT2D eigenvalue weighted by Gasteiger charge is 2.45. The number of nitrogens with zero attached hydrogens (tertiary/aromatic N) is 1. The van der Waals surface area contributed by atoms with Crippen LogP contribution >= 0.6 is 0 Å². The summed E-state index contributed by atoms with van der Waals surface area (Å²) < 4.78 is 0. The first-order chi connectivity index (χ1) is 8.94. The molecule has 0 radical (unpaired) electrons. The second-order valence-corrected chi connectivity index (χ2v) is 6.28. The van der Waals surface area contributed by atoms with E-state index in [4.69, 9.17) is 5.11 Å². The number of carboxylic acids is 1. The Balaban J connectivity index is 1.74. The Kier molecular flexibility index (Phi) is 4.02. The summed E-state index contributed by atoms with van der Waals surface area (Å²) in [6.07, 6.45) is 3.54. The molecule has 0 atom stereocenters. The molecule has 5 heteroatoms. The van der Waals surface area contributed by atoms with Crippen molar-refractivity contribution in [1.82, 2.24) is 10.2 Å². The van der Waals surface area contributed by atoms with Crippen LogP contribution in [0.2, 0.25) is 0 Å². The highest BCUT2D eigenvalue weighted by Crippen LogP contribution is 2.51. The maximum Gasteiger partial charge on any atom is 0.317 e. The van der Waals surface area contributed by atoms with Crippen molar-refractivity contribution in [2.45, 2.75) is 39.5 Å². The fourth-order valence-corrected chi connectivity index (χ4v) is 2.81. The molecule has 0 bridgehead atoms. The third kappa shape index (κ3) is 3.19. The van der Waals surface area contributed by atoms with Gasteiger partial charge in [-0.3, -0.25) is 4.79 Å². The smallest absolute Gasteiger partial charge is 0.317 e. The van der Waals surface area contributed by atoms with E-state index in [1.54, 1.807) is 4.90 Å². The number of hydrogen-bond acceptors (Lipinski definition) is 2. The van der Waals surface area contributed by atoms with Gasteiger partial charge in [0, 0.05) is 19.6 Å². The molecule has 19 heavy (non-hydrogen) atoms. The Hall–Kier alpha value is -1.26. The standard InChI is InChI=1S/C14H24N2O3/c1-10(2)14(5-6-14)9-15-13(19)16-7-3-11(4-8-16)12(17)18/h10-11H,3-9H2,1-2H3,(H,15,19)(H,17,18). The number of piperidine rings is 1. The van der Waals surface area contributed by atoms with Crippen molar-refractivity contribution >= 4 is 12.0 Å². The molecule has 1 saturated heterocycles. The molecular weight excluding hydrogens is 244 g/mol. The highest BCUT2D eigenvalue weighted by molar-refractivity contribution is 5.75. The predicted molar refractivity (Wildman–Crippen MR) is 71.8 cm³/mol. The second-order valence-electron chi connectivity index (χ2n) is 6.28. The molecule has 2 fully saturated rings. The van der Waals surface area contributed by atoms with E-state index in [0.29, 0.717) is 37.3 Å². The van der Waals surface area contributed by atoms with Gasteiger partial charge in [-0.1, -0.05) is 13.8 Å². The van der Waals surface area contributed by atoms with E-state index in [2.05, 4.69) is 19.2 Å². The first-order valence-electron chi connectivity index (χ1n) is 7.20. The van der Waals surface area contributed by atoms with Crippen LogP contribution in [0.1, 0.15) is 39.5 Å². The average Bonchev–Trinajstić information content (AvgIpc) is 3.17. The molecule has 1 saturated carbocycles. The molecule has 1 aliphatic heterocycles. The van der Waals surface area contributed by atoms with Crippen LogP contribution in [-0.2, 0) is 4.79 Å². The molecule has 0 aromatic rings. The molecule has 0 unspecified atom stereocenters. The number of urea groups is 1. The second kappa shape index (κ2) is 5.39. The van der Waals surface area contributed by atoms with Gasteiger partial charge >= 0.3 is 12.0 Å². The number of likely N-dealkylation sites (tertiary alicyclic amines) is 1. The summed E-state index contributed by atoms with van der Waals surface area (Å²) >= 11 is 0. The van der Waals surface area contributed by atoms with Crippen LogP contribution in [-0.4, -0.2) is 41.6 Å². The van der Waals surface area contributed by atoms with E-state index in [0.717, 1.165) is 6.54 Å². The van der Waals surface area contributed by atoms with Crippen molar-refractivity contribution in [3.05, 3.63) is 0 Å². The molecule has 0 aromatic heterocycles. The Morgan fingerprint density at radius 3 is 2.32 bits per heavy atom. The van der Waals surface area contributed by atoms with E-state index in [1.165, 1.54) is 12.8 Å². The SMILES string of the molecule is CC(C)C1(CNC(=O)N2CCC(C(=O)O)CC2)CC1. The van der Waals surface area contributed by atoms with Crippen molar-refractivity contribution < 1.29 is 14.7 Å². The minimum absolute atomic E-state index is 0.0317. The highest BCUT2D eigenvalue weighted by atomic mass is 16.4. The van der Waals surface area contributed by atoms with Crippen molar-refractivity contribution in [3.63, 3.8) is 0 Å². The van der Waals surface area contributed by atoms with Gasteiger partial charge in [0.1, 0.15) is 0 Å². The number of nitrogens with one attached hydrogen (secondary N) is 1. The van der Waals surface area contributed by atoms with Crippen LogP contribution in [0.15, 0.2) is 0 Å². The summed E-state index contributed by atoms with van der Waals surface area (Å²) in [5.74, 6) is -0.420. The fraction of sp³-hybridized carbons (Fsp3) is 0.857. The Morgan fingerprint density at radius 1 is 1.32 bits per heavy atom. The minimum Gasteiger partial charge on any atom is -0.481 e. The molecule has 0 aromatic carbocycles. The largest absolute Gasteiger partial charge is 0.481 e. The molecule has 2 rings (SSSR count). The number of rotatable bonds is 4. The van der Waals surface area contributed by atoms with Crippen molar-refractivity contribution in [1.29, 1.82) is 0 Å². The van der Waals surface area contributed by atoms with E-state index in [1.807, 2.05) is 0 Å². The van der Waals surface area contributed by atoms with Crippen molar-refractivity contribution in [2.24, 2.45) is 17.3 Å². The van der Waals surface area contributed by atoms with Gasteiger partial charge in [0.05, 0.1) is 5.92 Å². The van der Waals surface area contributed by atoms with Gasteiger partial charge in [0.2, 0.25) is 0 Å². The van der Waals surface area contributed by atoms with E-state index >= 15 is 0 Å². The zero-order chi connectivity index (χ0) is 14.0. The third-order valence-corrected chi connectivity index (χ3v) is 4.84. The molecule has 0 spiro atoms. The molecule has 2 aliphatic rings. The number of hydrogen-bond donors (Lipinski definition) is 2. The number of amides is 2. The first kappa shape index (κ1) is 14.2. The number of carbonyl (C=O) groups is 2. The summed E-state index contributed by atoms with van der Waals surface area (Å²) in [6, 6.07) is -0.0317. The molecule has 108 valence electrons. The maximum atomic E-state index is 12.0. The summed E-state index contributed by atoms with van der Waals surface area (Å²) in [5.41, 5.74) is 0.315.